The second-order valence-corrected chi connectivity index (χ2v) is 6.15. The first-order chi connectivity index (χ1) is 11.6. The van der Waals surface area contributed by atoms with Crippen LogP contribution in [0.3, 0.4) is 0 Å². The number of nitrogens with zero attached hydrogens (tertiary/aromatic N) is 2. The molecule has 0 aromatic heterocycles. The minimum absolute atomic E-state index is 0.292. The maximum Gasteiger partial charge on any atom is 0.414 e. The Morgan fingerprint density at radius 2 is 1.75 bits per heavy atom. The van der Waals surface area contributed by atoms with Crippen molar-refractivity contribution in [2.75, 3.05) is 18.0 Å². The Balaban J connectivity index is 1.42. The van der Waals surface area contributed by atoms with Crippen molar-refractivity contribution in [1.82, 2.24) is 4.90 Å². The van der Waals surface area contributed by atoms with Gasteiger partial charge in [0, 0.05) is 25.7 Å². The number of amides is 1. The van der Waals surface area contributed by atoms with Gasteiger partial charge in [0.15, 0.2) is 11.6 Å². The van der Waals surface area contributed by atoms with Crippen molar-refractivity contribution in [1.29, 1.82) is 0 Å². The molecule has 4 nitrogen and oxygen atoms in total. The molecule has 1 fully saturated rings. The molecule has 2 aromatic carbocycles. The minimum Gasteiger partial charge on any atom is -0.443 e. The van der Waals surface area contributed by atoms with Crippen molar-refractivity contribution < 1.29 is 18.3 Å². The normalized spacial score (nSPS) is 20.3. The van der Waals surface area contributed by atoms with Gasteiger partial charge >= 0.3 is 6.09 Å². The molecule has 0 saturated carbocycles. The van der Waals surface area contributed by atoms with E-state index in [1.54, 1.807) is 0 Å². The molecule has 2 aliphatic rings. The molecule has 1 amide bonds. The van der Waals surface area contributed by atoms with Crippen molar-refractivity contribution in [3.63, 3.8) is 0 Å². The Morgan fingerprint density at radius 3 is 2.42 bits per heavy atom. The Bertz CT molecular complexity index is 771. The summed E-state index contributed by atoms with van der Waals surface area (Å²) in [6.07, 6.45) is -0.817. The molecule has 124 valence electrons. The fourth-order valence-corrected chi connectivity index (χ4v) is 3.30. The number of fused-ring (bicyclic) bond motifs is 1. The van der Waals surface area contributed by atoms with E-state index in [1.165, 1.54) is 22.1 Å². The molecule has 0 spiro atoms. The second-order valence-electron chi connectivity index (χ2n) is 6.15. The number of halogens is 2. The van der Waals surface area contributed by atoms with Crippen LogP contribution in [0.1, 0.15) is 11.1 Å². The lowest BCUT2D eigenvalue weighted by Gasteiger charge is -2.18. The van der Waals surface area contributed by atoms with E-state index in [-0.39, 0.29) is 6.10 Å². The average Bonchev–Trinajstić information content (AvgIpc) is 3.13. The number of carbonyl (C=O) groups excluding carboxylic acids is 1. The first-order valence-corrected chi connectivity index (χ1v) is 7.82. The Labute approximate surface area is 138 Å². The summed E-state index contributed by atoms with van der Waals surface area (Å²) in [6.45, 7) is 2.60. The maximum absolute atomic E-state index is 13.4. The highest BCUT2D eigenvalue weighted by Crippen LogP contribution is 2.26. The second kappa shape index (κ2) is 5.87. The van der Waals surface area contributed by atoms with E-state index in [9.17, 15) is 13.6 Å². The van der Waals surface area contributed by atoms with Crippen molar-refractivity contribution >= 4 is 11.8 Å². The molecule has 2 aliphatic heterocycles. The van der Waals surface area contributed by atoms with E-state index in [0.29, 0.717) is 18.8 Å². The lowest BCUT2D eigenvalue weighted by Crippen LogP contribution is -2.31. The Morgan fingerprint density at radius 1 is 1.04 bits per heavy atom. The molecule has 4 rings (SSSR count). The number of rotatable bonds is 3. The van der Waals surface area contributed by atoms with Crippen molar-refractivity contribution in [2.45, 2.75) is 19.2 Å². The van der Waals surface area contributed by atoms with E-state index < -0.39 is 17.7 Å². The van der Waals surface area contributed by atoms with Gasteiger partial charge < -0.3 is 4.74 Å². The molecule has 0 radical (unpaired) electrons. The maximum atomic E-state index is 13.4. The molecule has 24 heavy (non-hydrogen) atoms. The molecule has 1 atom stereocenters. The Hall–Kier alpha value is -2.47. The molecule has 0 bridgehead atoms. The minimum atomic E-state index is -0.973. The summed E-state index contributed by atoms with van der Waals surface area (Å²) in [5, 5.41) is 0. The highest BCUT2D eigenvalue weighted by molar-refractivity contribution is 5.89. The monoisotopic (exact) mass is 330 g/mol. The zero-order chi connectivity index (χ0) is 16.7. The van der Waals surface area contributed by atoms with Gasteiger partial charge in [-0.05, 0) is 23.3 Å². The van der Waals surface area contributed by atoms with Crippen LogP contribution in [-0.4, -0.2) is 30.2 Å². The zero-order valence-electron chi connectivity index (χ0n) is 12.9. The van der Waals surface area contributed by atoms with Gasteiger partial charge in [-0.15, -0.1) is 0 Å². The third-order valence-corrected chi connectivity index (χ3v) is 4.46. The summed E-state index contributed by atoms with van der Waals surface area (Å²) in [6, 6.07) is 11.7. The van der Waals surface area contributed by atoms with E-state index in [2.05, 4.69) is 17.0 Å². The fraction of sp³-hybridized carbons (Fsp3) is 0.278. The van der Waals surface area contributed by atoms with Crippen LogP contribution < -0.4 is 4.90 Å². The van der Waals surface area contributed by atoms with Crippen LogP contribution in [0.4, 0.5) is 19.3 Å². The standard InChI is InChI=1S/C18H16F2N2O2/c19-16-6-5-14(7-17(16)20)22-11-15(24-18(22)23)10-21-8-12-3-1-2-4-13(12)9-21/h1-7,15H,8-11H2. The zero-order valence-corrected chi connectivity index (χ0v) is 12.9. The largest absolute Gasteiger partial charge is 0.443 e. The van der Waals surface area contributed by atoms with Gasteiger partial charge in [0.1, 0.15) is 6.10 Å². The number of hydrogen-bond acceptors (Lipinski definition) is 3. The summed E-state index contributed by atoms with van der Waals surface area (Å²) in [5.41, 5.74) is 2.89. The van der Waals surface area contributed by atoms with E-state index >= 15 is 0 Å². The molecule has 1 unspecified atom stereocenters. The fourth-order valence-electron chi connectivity index (χ4n) is 3.30. The Kier molecular flexibility index (Phi) is 3.69. The number of cyclic esters (lactones) is 1. The summed E-state index contributed by atoms with van der Waals surface area (Å²) < 4.78 is 31.8. The number of anilines is 1. The molecular weight excluding hydrogens is 314 g/mol. The van der Waals surface area contributed by atoms with Crippen LogP contribution >= 0.6 is 0 Å². The number of carbonyl (C=O) groups is 1. The molecule has 0 N–H and O–H groups in total. The molecule has 0 aliphatic carbocycles. The third-order valence-electron chi connectivity index (χ3n) is 4.46. The van der Waals surface area contributed by atoms with E-state index in [4.69, 9.17) is 4.74 Å². The van der Waals surface area contributed by atoms with Crippen molar-refractivity contribution in [3.05, 3.63) is 65.2 Å². The van der Waals surface area contributed by atoms with Crippen LogP contribution in [0.5, 0.6) is 0 Å². The predicted octanol–water partition coefficient (Wildman–Crippen LogP) is 3.31. The average molecular weight is 330 g/mol. The lowest BCUT2D eigenvalue weighted by atomic mass is 10.1. The van der Waals surface area contributed by atoms with Gasteiger partial charge in [-0.3, -0.25) is 9.80 Å². The number of ether oxygens (including phenoxy) is 1. The lowest BCUT2D eigenvalue weighted by molar-refractivity contribution is 0.108. The third kappa shape index (κ3) is 2.73. The summed E-state index contributed by atoms with van der Waals surface area (Å²) in [7, 11) is 0. The molecule has 6 heteroatoms. The molecular formula is C18H16F2N2O2. The topological polar surface area (TPSA) is 32.8 Å². The molecule has 2 aromatic rings. The SMILES string of the molecule is O=C1OC(CN2Cc3ccccc3C2)CN1c1ccc(F)c(F)c1. The number of benzene rings is 2. The smallest absolute Gasteiger partial charge is 0.414 e. The summed E-state index contributed by atoms with van der Waals surface area (Å²) in [5.74, 6) is -1.91. The van der Waals surface area contributed by atoms with Gasteiger partial charge in [-0.25, -0.2) is 13.6 Å². The van der Waals surface area contributed by atoms with Crippen LogP contribution in [0.15, 0.2) is 42.5 Å². The van der Waals surface area contributed by atoms with Gasteiger partial charge in [-0.1, -0.05) is 24.3 Å². The van der Waals surface area contributed by atoms with Crippen LogP contribution in [0, 0.1) is 11.6 Å². The predicted molar refractivity (Wildman–Crippen MR) is 84.5 cm³/mol. The van der Waals surface area contributed by atoms with Crippen LogP contribution in [-0.2, 0) is 17.8 Å². The van der Waals surface area contributed by atoms with Gasteiger partial charge in [0.05, 0.1) is 12.2 Å². The first-order valence-electron chi connectivity index (χ1n) is 7.82. The number of hydrogen-bond donors (Lipinski definition) is 0. The van der Waals surface area contributed by atoms with Gasteiger partial charge in [0.2, 0.25) is 0 Å². The van der Waals surface area contributed by atoms with Crippen molar-refractivity contribution in [2.24, 2.45) is 0 Å². The highest BCUT2D eigenvalue weighted by Gasteiger charge is 2.34. The first kappa shape index (κ1) is 15.1. The van der Waals surface area contributed by atoms with E-state index in [0.717, 1.165) is 25.2 Å². The highest BCUT2D eigenvalue weighted by atomic mass is 19.2. The van der Waals surface area contributed by atoms with E-state index in [1.807, 2.05) is 12.1 Å². The molecule has 1 saturated heterocycles. The van der Waals surface area contributed by atoms with Crippen LogP contribution in [0.2, 0.25) is 0 Å². The van der Waals surface area contributed by atoms with Crippen molar-refractivity contribution in [3.8, 4) is 0 Å². The van der Waals surface area contributed by atoms with Gasteiger partial charge in [0.25, 0.3) is 0 Å². The van der Waals surface area contributed by atoms with Gasteiger partial charge in [-0.2, -0.15) is 0 Å². The summed E-state index contributed by atoms with van der Waals surface area (Å²) >= 11 is 0. The molecule has 2 heterocycles. The van der Waals surface area contributed by atoms with Crippen LogP contribution in [0.25, 0.3) is 0 Å². The quantitative estimate of drug-likeness (QED) is 0.866. The summed E-state index contributed by atoms with van der Waals surface area (Å²) in [4.78, 5) is 15.6.